The number of benzene rings is 1. The van der Waals surface area contributed by atoms with E-state index in [4.69, 9.17) is 23.2 Å². The summed E-state index contributed by atoms with van der Waals surface area (Å²) in [6.45, 7) is 1.03. The minimum Gasteiger partial charge on any atom is -0.325 e. The molecule has 2 heterocycles. The molecule has 0 atom stereocenters. The molecular weight excluding hydrogens is 263 g/mol. The average Bonchev–Trinajstić information content (AvgIpc) is 2.76. The van der Waals surface area contributed by atoms with Gasteiger partial charge in [0, 0.05) is 29.1 Å². The molecule has 1 aliphatic heterocycles. The van der Waals surface area contributed by atoms with Gasteiger partial charge >= 0.3 is 0 Å². The molecule has 0 bridgehead atoms. The van der Waals surface area contributed by atoms with Gasteiger partial charge in [0.15, 0.2) is 5.16 Å². The van der Waals surface area contributed by atoms with Crippen molar-refractivity contribution in [2.75, 3.05) is 5.75 Å². The number of rotatable bonds is 1. The van der Waals surface area contributed by atoms with Crippen LogP contribution in [0.2, 0.25) is 10.0 Å². The van der Waals surface area contributed by atoms with Crippen LogP contribution in [0.4, 0.5) is 0 Å². The lowest BCUT2D eigenvalue weighted by molar-refractivity contribution is 0.719. The van der Waals surface area contributed by atoms with Crippen molar-refractivity contribution in [3.8, 4) is 11.3 Å². The van der Waals surface area contributed by atoms with Gasteiger partial charge in [-0.1, -0.05) is 35.0 Å². The molecule has 0 fully saturated rings. The maximum Gasteiger partial charge on any atom is 0.168 e. The largest absolute Gasteiger partial charge is 0.325 e. The molecule has 0 N–H and O–H groups in total. The number of hydrogen-bond donors (Lipinski definition) is 0. The van der Waals surface area contributed by atoms with Crippen LogP contribution in [0.1, 0.15) is 0 Å². The molecule has 1 aromatic carbocycles. The van der Waals surface area contributed by atoms with Crippen molar-refractivity contribution in [3.05, 3.63) is 34.4 Å². The fourth-order valence-corrected chi connectivity index (χ4v) is 3.19. The molecule has 1 aromatic heterocycles. The standard InChI is InChI=1S/C11H8Cl2N2S/c12-7-1-2-8(9(13)5-7)10-6-15-3-4-16-11(15)14-10/h1-2,5-6H,3-4H2. The van der Waals surface area contributed by atoms with Gasteiger partial charge in [0.25, 0.3) is 0 Å². The van der Waals surface area contributed by atoms with Gasteiger partial charge in [0.2, 0.25) is 0 Å². The first-order chi connectivity index (χ1) is 7.74. The summed E-state index contributed by atoms with van der Waals surface area (Å²) < 4.78 is 2.16. The summed E-state index contributed by atoms with van der Waals surface area (Å²) in [5.74, 6) is 1.11. The number of aryl methyl sites for hydroxylation is 1. The van der Waals surface area contributed by atoms with Gasteiger partial charge < -0.3 is 4.57 Å². The van der Waals surface area contributed by atoms with Crippen molar-refractivity contribution in [2.24, 2.45) is 0 Å². The second kappa shape index (κ2) is 3.99. The molecule has 0 spiro atoms. The number of aromatic nitrogens is 2. The number of halogens is 2. The van der Waals surface area contributed by atoms with E-state index in [-0.39, 0.29) is 0 Å². The van der Waals surface area contributed by atoms with Crippen molar-refractivity contribution >= 4 is 35.0 Å². The van der Waals surface area contributed by atoms with Crippen LogP contribution >= 0.6 is 35.0 Å². The Hall–Kier alpha value is -0.640. The summed E-state index contributed by atoms with van der Waals surface area (Å²) in [4.78, 5) is 4.55. The molecule has 0 saturated heterocycles. The van der Waals surface area contributed by atoms with Gasteiger partial charge in [0.05, 0.1) is 10.7 Å². The number of thioether (sulfide) groups is 1. The van der Waals surface area contributed by atoms with E-state index in [9.17, 15) is 0 Å². The molecule has 1 aliphatic rings. The molecule has 2 aromatic rings. The first-order valence-electron chi connectivity index (χ1n) is 4.89. The Morgan fingerprint density at radius 1 is 1.31 bits per heavy atom. The van der Waals surface area contributed by atoms with E-state index in [0.717, 1.165) is 28.7 Å². The van der Waals surface area contributed by atoms with Crippen molar-refractivity contribution in [2.45, 2.75) is 11.7 Å². The quantitative estimate of drug-likeness (QED) is 0.781. The summed E-state index contributed by atoms with van der Waals surface area (Å²) in [5.41, 5.74) is 1.86. The van der Waals surface area contributed by atoms with Crippen LogP contribution in [-0.4, -0.2) is 15.3 Å². The Balaban J connectivity index is 2.08. The van der Waals surface area contributed by atoms with Gasteiger partial charge in [-0.15, -0.1) is 0 Å². The first-order valence-corrected chi connectivity index (χ1v) is 6.63. The minimum absolute atomic E-state index is 0.647. The molecule has 0 amide bonds. The Labute approximate surface area is 108 Å². The van der Waals surface area contributed by atoms with E-state index in [0.29, 0.717) is 10.0 Å². The Morgan fingerprint density at radius 3 is 2.94 bits per heavy atom. The average molecular weight is 271 g/mol. The summed E-state index contributed by atoms with van der Waals surface area (Å²) in [5, 5.41) is 2.37. The zero-order valence-electron chi connectivity index (χ0n) is 8.28. The van der Waals surface area contributed by atoms with Crippen molar-refractivity contribution in [1.29, 1.82) is 0 Å². The maximum atomic E-state index is 6.15. The van der Waals surface area contributed by atoms with Crippen LogP contribution in [0.15, 0.2) is 29.6 Å². The zero-order valence-corrected chi connectivity index (χ0v) is 10.6. The van der Waals surface area contributed by atoms with Crippen LogP contribution in [0, 0.1) is 0 Å². The van der Waals surface area contributed by atoms with Crippen LogP contribution in [0.25, 0.3) is 11.3 Å². The summed E-state index contributed by atoms with van der Waals surface area (Å²) in [6, 6.07) is 5.49. The fourth-order valence-electron chi connectivity index (χ4n) is 1.74. The molecule has 2 nitrogen and oxygen atoms in total. The van der Waals surface area contributed by atoms with Crippen LogP contribution in [0.3, 0.4) is 0 Å². The highest BCUT2D eigenvalue weighted by Gasteiger charge is 2.16. The third kappa shape index (κ3) is 1.73. The molecular formula is C11H8Cl2N2S. The highest BCUT2D eigenvalue weighted by atomic mass is 35.5. The van der Waals surface area contributed by atoms with Gasteiger partial charge in [-0.2, -0.15) is 0 Å². The molecule has 3 rings (SSSR count). The van der Waals surface area contributed by atoms with Gasteiger partial charge in [-0.05, 0) is 18.2 Å². The monoisotopic (exact) mass is 270 g/mol. The predicted octanol–water partition coefficient (Wildman–Crippen LogP) is 3.96. The second-order valence-electron chi connectivity index (χ2n) is 3.57. The second-order valence-corrected chi connectivity index (χ2v) is 5.48. The normalized spacial score (nSPS) is 14.1. The highest BCUT2D eigenvalue weighted by molar-refractivity contribution is 7.99. The van der Waals surface area contributed by atoms with Crippen molar-refractivity contribution in [3.63, 3.8) is 0 Å². The lowest BCUT2D eigenvalue weighted by atomic mass is 10.2. The lowest BCUT2D eigenvalue weighted by Crippen LogP contribution is -1.89. The van der Waals surface area contributed by atoms with Gasteiger partial charge in [-0.25, -0.2) is 4.98 Å². The van der Waals surface area contributed by atoms with E-state index in [1.54, 1.807) is 17.8 Å². The Bertz CT molecular complexity index is 529. The van der Waals surface area contributed by atoms with Crippen molar-refractivity contribution < 1.29 is 0 Å². The molecule has 82 valence electrons. The van der Waals surface area contributed by atoms with Crippen LogP contribution in [-0.2, 0) is 6.54 Å². The van der Waals surface area contributed by atoms with Crippen LogP contribution in [0.5, 0.6) is 0 Å². The Kier molecular flexibility index (Phi) is 2.62. The predicted molar refractivity (Wildman–Crippen MR) is 68.4 cm³/mol. The molecule has 0 aliphatic carbocycles. The first kappa shape index (κ1) is 10.5. The highest BCUT2D eigenvalue weighted by Crippen LogP contribution is 2.33. The van der Waals surface area contributed by atoms with E-state index >= 15 is 0 Å². The summed E-state index contributed by atoms with van der Waals surface area (Å²) in [7, 11) is 0. The Morgan fingerprint density at radius 2 is 2.19 bits per heavy atom. The number of imidazole rings is 1. The number of fused-ring (bicyclic) bond motifs is 1. The molecule has 0 unspecified atom stereocenters. The van der Waals surface area contributed by atoms with E-state index in [2.05, 4.69) is 9.55 Å². The smallest absolute Gasteiger partial charge is 0.168 e. The zero-order chi connectivity index (χ0) is 11.1. The summed E-state index contributed by atoms with van der Waals surface area (Å²) in [6.07, 6.45) is 2.05. The van der Waals surface area contributed by atoms with E-state index < -0.39 is 0 Å². The molecule has 5 heteroatoms. The third-order valence-corrected chi connectivity index (χ3v) is 4.03. The third-order valence-electron chi connectivity index (χ3n) is 2.51. The van der Waals surface area contributed by atoms with Crippen LogP contribution < -0.4 is 0 Å². The fraction of sp³-hybridized carbons (Fsp3) is 0.182. The lowest BCUT2D eigenvalue weighted by Gasteiger charge is -2.00. The maximum absolute atomic E-state index is 6.15. The van der Waals surface area contributed by atoms with Crippen molar-refractivity contribution in [1.82, 2.24) is 9.55 Å². The molecule has 16 heavy (non-hydrogen) atoms. The van der Waals surface area contributed by atoms with Gasteiger partial charge in [0.1, 0.15) is 0 Å². The van der Waals surface area contributed by atoms with Gasteiger partial charge in [-0.3, -0.25) is 0 Å². The topological polar surface area (TPSA) is 17.8 Å². The SMILES string of the molecule is Clc1ccc(-c2cn3c(n2)SCC3)c(Cl)c1. The molecule has 0 radical (unpaired) electrons. The molecule has 0 saturated carbocycles. The minimum atomic E-state index is 0.647. The summed E-state index contributed by atoms with van der Waals surface area (Å²) >= 11 is 13.8. The number of hydrogen-bond acceptors (Lipinski definition) is 2. The number of nitrogens with zero attached hydrogens (tertiary/aromatic N) is 2. The van der Waals surface area contributed by atoms with E-state index in [1.165, 1.54) is 0 Å². The van der Waals surface area contributed by atoms with E-state index in [1.807, 2.05) is 18.3 Å².